The summed E-state index contributed by atoms with van der Waals surface area (Å²) < 4.78 is 12.7. The van der Waals surface area contributed by atoms with E-state index in [1.165, 1.54) is 0 Å². The van der Waals surface area contributed by atoms with Crippen molar-refractivity contribution in [2.75, 3.05) is 5.32 Å². The topological polar surface area (TPSA) is 82.2 Å². The Labute approximate surface area is 188 Å². The van der Waals surface area contributed by atoms with Gasteiger partial charge in [-0.1, -0.05) is 46.6 Å². The molecular formula is C22H18Cl2N4O3. The molecule has 9 heteroatoms. The first-order valence-corrected chi connectivity index (χ1v) is 10.2. The Hall–Kier alpha value is -3.29. The molecule has 31 heavy (non-hydrogen) atoms. The molecule has 2 aromatic carbocycles. The summed E-state index contributed by atoms with van der Waals surface area (Å²) in [6.07, 6.45) is 3.33. The van der Waals surface area contributed by atoms with E-state index >= 15 is 0 Å². The molecule has 0 aliphatic rings. The van der Waals surface area contributed by atoms with Crippen LogP contribution in [0.5, 0.6) is 5.75 Å². The van der Waals surface area contributed by atoms with Gasteiger partial charge in [-0.15, -0.1) is 0 Å². The maximum atomic E-state index is 12.8. The summed E-state index contributed by atoms with van der Waals surface area (Å²) in [6, 6.07) is 14.5. The lowest BCUT2D eigenvalue weighted by atomic mass is 10.1. The zero-order valence-electron chi connectivity index (χ0n) is 16.5. The van der Waals surface area contributed by atoms with E-state index in [1.807, 2.05) is 24.3 Å². The molecule has 0 aliphatic heterocycles. The first-order chi connectivity index (χ1) is 15.0. The quantitative estimate of drug-likeness (QED) is 0.404. The maximum absolute atomic E-state index is 12.8. The van der Waals surface area contributed by atoms with Crippen LogP contribution in [0.1, 0.15) is 27.4 Å². The zero-order chi connectivity index (χ0) is 21.8. The molecule has 1 amide bonds. The minimum atomic E-state index is -0.381. The van der Waals surface area contributed by atoms with Crippen LogP contribution in [0.25, 0.3) is 0 Å². The fraction of sp³-hybridized carbons (Fsp3) is 0.136. The third kappa shape index (κ3) is 5.25. The molecule has 7 nitrogen and oxygen atoms in total. The number of carbonyl (C=O) groups excluding carboxylic acids is 1. The molecule has 0 unspecified atom stereocenters. The Bertz CT molecular complexity index is 1200. The number of halogens is 2. The summed E-state index contributed by atoms with van der Waals surface area (Å²) in [6.45, 7) is 2.44. The SMILES string of the molecule is Cc1onc(C(=O)Nc2ccc(Cn3cc(Cl)cn3)cc2)c1COc1cccc(Cl)c1. The number of amides is 1. The van der Waals surface area contributed by atoms with E-state index < -0.39 is 0 Å². The molecule has 0 radical (unpaired) electrons. The van der Waals surface area contributed by atoms with Crippen LogP contribution < -0.4 is 10.1 Å². The molecule has 0 saturated heterocycles. The highest BCUT2D eigenvalue weighted by atomic mass is 35.5. The maximum Gasteiger partial charge on any atom is 0.278 e. The van der Waals surface area contributed by atoms with E-state index in [4.69, 9.17) is 32.5 Å². The second-order valence-corrected chi connectivity index (χ2v) is 7.69. The number of nitrogens with one attached hydrogen (secondary N) is 1. The summed E-state index contributed by atoms with van der Waals surface area (Å²) >= 11 is 11.9. The number of benzene rings is 2. The van der Waals surface area contributed by atoms with Gasteiger partial charge in [-0.25, -0.2) is 0 Å². The Kier molecular flexibility index (Phi) is 6.25. The number of hydrogen-bond acceptors (Lipinski definition) is 5. The van der Waals surface area contributed by atoms with Crippen LogP contribution in [-0.4, -0.2) is 20.8 Å². The first-order valence-electron chi connectivity index (χ1n) is 9.40. The largest absolute Gasteiger partial charge is 0.489 e. The smallest absolute Gasteiger partial charge is 0.278 e. The number of hydrogen-bond donors (Lipinski definition) is 1. The summed E-state index contributed by atoms with van der Waals surface area (Å²) in [5.41, 5.74) is 2.40. The predicted molar refractivity (Wildman–Crippen MR) is 118 cm³/mol. The Morgan fingerprint density at radius 1 is 1.16 bits per heavy atom. The number of rotatable bonds is 7. The Morgan fingerprint density at radius 2 is 1.97 bits per heavy atom. The molecular weight excluding hydrogens is 439 g/mol. The van der Waals surface area contributed by atoms with Crippen molar-refractivity contribution < 1.29 is 14.1 Å². The monoisotopic (exact) mass is 456 g/mol. The van der Waals surface area contributed by atoms with Crippen LogP contribution in [0.15, 0.2) is 65.4 Å². The fourth-order valence-corrected chi connectivity index (χ4v) is 3.28. The van der Waals surface area contributed by atoms with Crippen molar-refractivity contribution in [1.82, 2.24) is 14.9 Å². The first kappa shape index (κ1) is 21.0. The van der Waals surface area contributed by atoms with Crippen molar-refractivity contribution in [2.24, 2.45) is 0 Å². The second-order valence-electron chi connectivity index (χ2n) is 6.82. The summed E-state index contributed by atoms with van der Waals surface area (Å²) in [7, 11) is 0. The van der Waals surface area contributed by atoms with Crippen LogP contribution >= 0.6 is 23.2 Å². The van der Waals surface area contributed by atoms with Gasteiger partial charge in [-0.3, -0.25) is 9.48 Å². The lowest BCUT2D eigenvalue weighted by molar-refractivity contribution is 0.101. The van der Waals surface area contributed by atoms with E-state index in [1.54, 1.807) is 48.3 Å². The van der Waals surface area contributed by atoms with Gasteiger partial charge in [0.25, 0.3) is 5.91 Å². The van der Waals surface area contributed by atoms with Crippen LogP contribution in [0.2, 0.25) is 10.0 Å². The third-order valence-electron chi connectivity index (χ3n) is 4.54. The highest BCUT2D eigenvalue weighted by molar-refractivity contribution is 6.30. The normalized spacial score (nSPS) is 10.8. The molecule has 2 aromatic heterocycles. The van der Waals surface area contributed by atoms with Crippen molar-refractivity contribution in [3.8, 4) is 5.75 Å². The molecule has 0 spiro atoms. The van der Waals surface area contributed by atoms with E-state index in [0.717, 1.165) is 5.56 Å². The van der Waals surface area contributed by atoms with Crippen LogP contribution in [-0.2, 0) is 13.2 Å². The summed E-state index contributed by atoms with van der Waals surface area (Å²) in [4.78, 5) is 12.8. The van der Waals surface area contributed by atoms with Gasteiger partial charge in [-0.2, -0.15) is 5.10 Å². The molecule has 0 aliphatic carbocycles. The number of ether oxygens (including phenoxy) is 1. The van der Waals surface area contributed by atoms with E-state index in [0.29, 0.717) is 39.4 Å². The van der Waals surface area contributed by atoms with Crippen LogP contribution in [0.3, 0.4) is 0 Å². The van der Waals surface area contributed by atoms with Gasteiger partial charge in [0.2, 0.25) is 0 Å². The van der Waals surface area contributed by atoms with Crippen LogP contribution in [0.4, 0.5) is 5.69 Å². The van der Waals surface area contributed by atoms with E-state index in [9.17, 15) is 4.79 Å². The Morgan fingerprint density at radius 3 is 2.68 bits per heavy atom. The van der Waals surface area contributed by atoms with Crippen molar-refractivity contribution in [3.63, 3.8) is 0 Å². The van der Waals surface area contributed by atoms with Gasteiger partial charge in [0.15, 0.2) is 5.69 Å². The molecule has 4 aromatic rings. The molecule has 0 fully saturated rings. The molecule has 2 heterocycles. The minimum absolute atomic E-state index is 0.129. The number of anilines is 1. The highest BCUT2D eigenvalue weighted by Gasteiger charge is 2.20. The van der Waals surface area contributed by atoms with Crippen LogP contribution in [0, 0.1) is 6.92 Å². The van der Waals surface area contributed by atoms with Crippen molar-refractivity contribution in [3.05, 3.63) is 93.6 Å². The zero-order valence-corrected chi connectivity index (χ0v) is 18.0. The average Bonchev–Trinajstić information content (AvgIpc) is 3.33. The number of nitrogens with zero attached hydrogens (tertiary/aromatic N) is 3. The van der Waals surface area contributed by atoms with Crippen molar-refractivity contribution in [2.45, 2.75) is 20.1 Å². The van der Waals surface area contributed by atoms with Gasteiger partial charge < -0.3 is 14.6 Å². The average molecular weight is 457 g/mol. The van der Waals surface area contributed by atoms with Gasteiger partial charge >= 0.3 is 0 Å². The lowest BCUT2D eigenvalue weighted by Crippen LogP contribution is -2.15. The van der Waals surface area contributed by atoms with Crippen molar-refractivity contribution >= 4 is 34.8 Å². The van der Waals surface area contributed by atoms with Crippen molar-refractivity contribution in [1.29, 1.82) is 0 Å². The highest BCUT2D eigenvalue weighted by Crippen LogP contribution is 2.22. The van der Waals surface area contributed by atoms with Gasteiger partial charge in [0.1, 0.15) is 18.1 Å². The molecule has 1 N–H and O–H groups in total. The summed E-state index contributed by atoms with van der Waals surface area (Å²) in [5.74, 6) is 0.724. The summed E-state index contributed by atoms with van der Waals surface area (Å²) in [5, 5.41) is 12.0. The van der Waals surface area contributed by atoms with Gasteiger partial charge in [0, 0.05) is 16.9 Å². The fourth-order valence-electron chi connectivity index (χ4n) is 2.95. The molecule has 0 saturated carbocycles. The third-order valence-corrected chi connectivity index (χ3v) is 4.97. The number of aryl methyl sites for hydroxylation is 1. The minimum Gasteiger partial charge on any atom is -0.489 e. The Balaban J connectivity index is 1.41. The molecule has 158 valence electrons. The number of carbonyl (C=O) groups is 1. The van der Waals surface area contributed by atoms with E-state index in [2.05, 4.69) is 15.6 Å². The molecule has 0 bridgehead atoms. The van der Waals surface area contributed by atoms with E-state index in [-0.39, 0.29) is 18.2 Å². The van der Waals surface area contributed by atoms with Gasteiger partial charge in [0.05, 0.1) is 23.3 Å². The number of aromatic nitrogens is 3. The lowest BCUT2D eigenvalue weighted by Gasteiger charge is -2.08. The predicted octanol–water partition coefficient (Wildman–Crippen LogP) is 5.37. The van der Waals surface area contributed by atoms with Gasteiger partial charge in [-0.05, 0) is 42.8 Å². The molecule has 4 rings (SSSR count). The second kappa shape index (κ2) is 9.24. The molecule has 0 atom stereocenters. The standard InChI is InChI=1S/C22H18Cl2N4O3/c1-14-20(13-30-19-4-2-3-16(23)9-19)21(27-31-14)22(29)26-18-7-5-15(6-8-18)11-28-12-17(24)10-25-28/h2-10,12H,11,13H2,1H3,(H,26,29).